The number of amides is 2. The number of para-hydroxylation sites is 1. The maximum absolute atomic E-state index is 12.5. The Kier molecular flexibility index (Phi) is 7.43. The molecule has 0 atom stereocenters. The summed E-state index contributed by atoms with van der Waals surface area (Å²) in [6, 6.07) is 14.5. The molecular weight excluding hydrogens is 422 g/mol. The van der Waals surface area contributed by atoms with Crippen molar-refractivity contribution < 1.29 is 14.3 Å². The van der Waals surface area contributed by atoms with E-state index in [9.17, 15) is 9.59 Å². The summed E-state index contributed by atoms with van der Waals surface area (Å²) in [7, 11) is 1.59. The summed E-state index contributed by atoms with van der Waals surface area (Å²) in [6.45, 7) is 2.44. The Balaban J connectivity index is 1.59. The number of likely N-dealkylation sites (N-methyl/N-ethyl adjacent to an activating group) is 1. The van der Waals surface area contributed by atoms with Crippen molar-refractivity contribution in [1.82, 2.24) is 9.88 Å². The Morgan fingerprint density at radius 2 is 2.00 bits per heavy atom. The molecule has 30 heavy (non-hydrogen) atoms. The van der Waals surface area contributed by atoms with E-state index in [-0.39, 0.29) is 24.8 Å². The Bertz CT molecular complexity index is 1040. The highest BCUT2D eigenvalue weighted by Gasteiger charge is 2.17. The van der Waals surface area contributed by atoms with E-state index in [1.807, 2.05) is 36.6 Å². The molecule has 0 aliphatic rings. The van der Waals surface area contributed by atoms with Gasteiger partial charge in [-0.05, 0) is 37.3 Å². The summed E-state index contributed by atoms with van der Waals surface area (Å²) in [5, 5.41) is 5.91. The summed E-state index contributed by atoms with van der Waals surface area (Å²) < 4.78 is 5.66. The first kappa shape index (κ1) is 21.8. The van der Waals surface area contributed by atoms with Crippen LogP contribution >= 0.6 is 22.9 Å². The first-order valence-electron chi connectivity index (χ1n) is 9.42. The van der Waals surface area contributed by atoms with Gasteiger partial charge < -0.3 is 15.0 Å². The fraction of sp³-hybridized carbons (Fsp3) is 0.227. The molecule has 0 fully saturated rings. The van der Waals surface area contributed by atoms with Crippen LogP contribution in [0, 0.1) is 0 Å². The van der Waals surface area contributed by atoms with Crippen molar-refractivity contribution in [1.29, 1.82) is 0 Å². The molecule has 1 N–H and O–H groups in total. The van der Waals surface area contributed by atoms with Gasteiger partial charge in [0, 0.05) is 23.1 Å². The van der Waals surface area contributed by atoms with Gasteiger partial charge in [0.15, 0.2) is 0 Å². The Morgan fingerprint density at radius 1 is 1.20 bits per heavy atom. The van der Waals surface area contributed by atoms with Crippen LogP contribution < -0.4 is 10.1 Å². The average Bonchev–Trinajstić information content (AvgIpc) is 3.16. The number of carbonyl (C=O) groups is 2. The maximum Gasteiger partial charge on any atom is 0.243 e. The first-order chi connectivity index (χ1) is 14.5. The lowest BCUT2D eigenvalue weighted by molar-refractivity contribution is -0.132. The van der Waals surface area contributed by atoms with Gasteiger partial charge in [0.2, 0.25) is 11.8 Å². The van der Waals surface area contributed by atoms with Crippen LogP contribution in [0.25, 0.3) is 10.6 Å². The number of nitrogens with zero attached hydrogens (tertiary/aromatic N) is 2. The maximum atomic E-state index is 12.5. The molecule has 1 aromatic heterocycles. The number of rotatable bonds is 8. The van der Waals surface area contributed by atoms with Crippen LogP contribution in [-0.2, 0) is 16.0 Å². The van der Waals surface area contributed by atoms with Gasteiger partial charge in [0.05, 0.1) is 30.8 Å². The lowest BCUT2D eigenvalue weighted by atomic mass is 10.2. The van der Waals surface area contributed by atoms with Crippen LogP contribution in [0.3, 0.4) is 0 Å². The van der Waals surface area contributed by atoms with E-state index < -0.39 is 0 Å². The minimum Gasteiger partial charge on any atom is -0.493 e. The number of thiazole rings is 1. The van der Waals surface area contributed by atoms with E-state index >= 15 is 0 Å². The number of nitrogens with one attached hydrogen (secondary N) is 1. The summed E-state index contributed by atoms with van der Waals surface area (Å²) in [5.74, 6) is 0.283. The van der Waals surface area contributed by atoms with Crippen molar-refractivity contribution in [3.8, 4) is 16.3 Å². The van der Waals surface area contributed by atoms with E-state index in [0.717, 1.165) is 16.3 Å². The highest BCUT2D eigenvalue weighted by atomic mass is 35.5. The summed E-state index contributed by atoms with van der Waals surface area (Å²) in [5.41, 5.74) is 2.15. The van der Waals surface area contributed by atoms with Gasteiger partial charge in [-0.1, -0.05) is 29.8 Å². The zero-order chi connectivity index (χ0) is 21.5. The first-order valence-corrected chi connectivity index (χ1v) is 10.7. The van der Waals surface area contributed by atoms with Gasteiger partial charge in [-0.2, -0.15) is 0 Å². The molecule has 0 spiro atoms. The van der Waals surface area contributed by atoms with Gasteiger partial charge in [-0.15, -0.1) is 11.3 Å². The number of aromatic nitrogens is 1. The second-order valence-corrected chi connectivity index (χ2v) is 7.85. The van der Waals surface area contributed by atoms with Gasteiger partial charge in [-0.25, -0.2) is 4.98 Å². The monoisotopic (exact) mass is 443 g/mol. The number of benzene rings is 2. The minimum atomic E-state index is -0.294. The van der Waals surface area contributed by atoms with Crippen molar-refractivity contribution in [2.75, 3.05) is 25.5 Å². The van der Waals surface area contributed by atoms with E-state index in [2.05, 4.69) is 10.3 Å². The lowest BCUT2D eigenvalue weighted by Gasteiger charge is -2.16. The fourth-order valence-electron chi connectivity index (χ4n) is 2.80. The van der Waals surface area contributed by atoms with Crippen LogP contribution in [0.1, 0.15) is 12.6 Å². The Morgan fingerprint density at radius 3 is 2.77 bits per heavy atom. The topological polar surface area (TPSA) is 71.5 Å². The van der Waals surface area contributed by atoms with Gasteiger partial charge in [-0.3, -0.25) is 9.59 Å². The number of ether oxygens (including phenoxy) is 1. The van der Waals surface area contributed by atoms with Crippen molar-refractivity contribution in [2.24, 2.45) is 0 Å². The SMILES string of the molecule is CCOc1ccccc1-c1nc(CC(=O)N(C)CC(=O)Nc2cccc(Cl)c2)cs1. The predicted molar refractivity (Wildman–Crippen MR) is 120 cm³/mol. The van der Waals surface area contributed by atoms with Crippen molar-refractivity contribution in [3.05, 3.63) is 64.6 Å². The number of hydrogen-bond acceptors (Lipinski definition) is 5. The third-order valence-corrected chi connectivity index (χ3v) is 5.38. The molecule has 8 heteroatoms. The molecule has 2 aromatic carbocycles. The predicted octanol–water partition coefficient (Wildman–Crippen LogP) is 4.50. The summed E-state index contributed by atoms with van der Waals surface area (Å²) in [6.07, 6.45) is 0.119. The summed E-state index contributed by atoms with van der Waals surface area (Å²) in [4.78, 5) is 30.7. The van der Waals surface area contributed by atoms with Gasteiger partial charge in [0.1, 0.15) is 10.8 Å². The van der Waals surface area contributed by atoms with Crippen molar-refractivity contribution >= 4 is 40.4 Å². The number of carbonyl (C=O) groups excluding carboxylic acids is 2. The molecule has 1 heterocycles. The average molecular weight is 444 g/mol. The van der Waals surface area contributed by atoms with Gasteiger partial charge in [0.25, 0.3) is 0 Å². The van der Waals surface area contributed by atoms with E-state index in [1.54, 1.807) is 31.3 Å². The molecule has 0 bridgehead atoms. The zero-order valence-corrected chi connectivity index (χ0v) is 18.3. The molecule has 156 valence electrons. The number of hydrogen-bond donors (Lipinski definition) is 1. The van der Waals surface area contributed by atoms with Gasteiger partial charge >= 0.3 is 0 Å². The molecule has 0 saturated heterocycles. The highest BCUT2D eigenvalue weighted by molar-refractivity contribution is 7.13. The molecule has 0 saturated carbocycles. The molecule has 2 amide bonds. The summed E-state index contributed by atoms with van der Waals surface area (Å²) >= 11 is 7.38. The molecule has 0 aliphatic carbocycles. The largest absolute Gasteiger partial charge is 0.493 e. The molecule has 0 aliphatic heterocycles. The molecular formula is C22H22ClN3O3S. The normalized spacial score (nSPS) is 10.5. The van der Waals surface area contributed by atoms with Crippen LogP contribution in [0.2, 0.25) is 5.02 Å². The third-order valence-electron chi connectivity index (χ3n) is 4.22. The third kappa shape index (κ3) is 5.81. The standard InChI is InChI=1S/C22H22ClN3O3S/c1-3-29-19-10-5-4-9-18(19)22-25-17(14-30-22)12-21(28)26(2)13-20(27)24-16-8-6-7-15(23)11-16/h4-11,14H,3,12-13H2,1-2H3,(H,24,27). The molecule has 6 nitrogen and oxygen atoms in total. The lowest BCUT2D eigenvalue weighted by Crippen LogP contribution is -2.35. The van der Waals surface area contributed by atoms with Crippen LogP contribution in [-0.4, -0.2) is 41.9 Å². The molecule has 0 unspecified atom stereocenters. The minimum absolute atomic E-state index is 0.0600. The van der Waals surface area contributed by atoms with Crippen molar-refractivity contribution in [2.45, 2.75) is 13.3 Å². The smallest absolute Gasteiger partial charge is 0.243 e. The molecule has 3 rings (SSSR count). The van der Waals surface area contributed by atoms with Crippen molar-refractivity contribution in [3.63, 3.8) is 0 Å². The number of halogens is 1. The van der Waals surface area contributed by atoms with E-state index in [0.29, 0.717) is 23.0 Å². The number of anilines is 1. The van der Waals surface area contributed by atoms with Crippen LogP contribution in [0.4, 0.5) is 5.69 Å². The second-order valence-electron chi connectivity index (χ2n) is 6.56. The van der Waals surface area contributed by atoms with Crippen LogP contribution in [0.15, 0.2) is 53.9 Å². The van der Waals surface area contributed by atoms with E-state index in [1.165, 1.54) is 16.2 Å². The quantitative estimate of drug-likeness (QED) is 0.556. The Hall–Kier alpha value is -2.90. The highest BCUT2D eigenvalue weighted by Crippen LogP contribution is 2.32. The Labute approximate surface area is 184 Å². The molecule has 0 radical (unpaired) electrons. The fourth-order valence-corrected chi connectivity index (χ4v) is 3.84. The zero-order valence-electron chi connectivity index (χ0n) is 16.7. The second kappa shape index (κ2) is 10.2. The molecule has 3 aromatic rings. The van der Waals surface area contributed by atoms with E-state index in [4.69, 9.17) is 16.3 Å². The van der Waals surface area contributed by atoms with Crippen LogP contribution in [0.5, 0.6) is 5.75 Å².